The molecule has 0 aromatic heterocycles. The zero-order chi connectivity index (χ0) is 12.3. The molecule has 5 heteroatoms. The molecule has 2 N–H and O–H groups in total. The molecule has 0 aliphatic heterocycles. The van der Waals surface area contributed by atoms with Crippen molar-refractivity contribution < 1.29 is 9.31 Å². The maximum Gasteiger partial charge on any atom is 0.305 e. The number of halogens is 1. The molecule has 0 fully saturated rings. The Morgan fingerprint density at radius 2 is 2.12 bits per heavy atom. The van der Waals surface area contributed by atoms with Gasteiger partial charge in [-0.1, -0.05) is 26.0 Å². The van der Waals surface area contributed by atoms with E-state index in [2.05, 4.69) is 0 Å². The second-order valence-electron chi connectivity index (χ2n) is 4.55. The van der Waals surface area contributed by atoms with E-state index in [0.29, 0.717) is 18.5 Å². The molecule has 0 spiro atoms. The van der Waals surface area contributed by atoms with E-state index < -0.39 is 16.4 Å². The number of nitrogens with zero attached hydrogens (tertiary/aromatic N) is 1. The molecule has 0 aliphatic carbocycles. The first-order valence-electron chi connectivity index (χ1n) is 4.99. The topological polar surface area (TPSA) is 69.2 Å². The number of nitro groups is 1. The average Bonchev–Trinajstić information content (AvgIpc) is 2.20. The molecule has 88 valence electrons. The van der Waals surface area contributed by atoms with Crippen molar-refractivity contribution in [2.45, 2.75) is 20.3 Å². The van der Waals surface area contributed by atoms with Crippen LogP contribution in [0.3, 0.4) is 0 Å². The summed E-state index contributed by atoms with van der Waals surface area (Å²) in [5.41, 5.74) is 5.13. The van der Waals surface area contributed by atoms with Crippen LogP contribution in [0.15, 0.2) is 18.2 Å². The SMILES string of the molecule is CC(C)(CN)Cc1cccc([N+](=O)[O-])c1F. The Bertz CT molecular complexity index is 405. The fourth-order valence-corrected chi connectivity index (χ4v) is 1.43. The van der Waals surface area contributed by atoms with Gasteiger partial charge in [-0.3, -0.25) is 10.1 Å². The van der Waals surface area contributed by atoms with Gasteiger partial charge in [0.15, 0.2) is 0 Å². The highest BCUT2D eigenvalue weighted by atomic mass is 19.1. The van der Waals surface area contributed by atoms with Crippen LogP contribution in [0.2, 0.25) is 0 Å². The molecule has 0 saturated carbocycles. The third-order valence-corrected chi connectivity index (χ3v) is 2.48. The first-order valence-corrected chi connectivity index (χ1v) is 4.99. The molecule has 4 nitrogen and oxygen atoms in total. The van der Waals surface area contributed by atoms with Crippen molar-refractivity contribution in [2.75, 3.05) is 6.54 Å². The maximum atomic E-state index is 13.7. The van der Waals surface area contributed by atoms with Crippen molar-refractivity contribution in [3.8, 4) is 0 Å². The monoisotopic (exact) mass is 226 g/mol. The van der Waals surface area contributed by atoms with Crippen LogP contribution in [-0.4, -0.2) is 11.5 Å². The zero-order valence-electron chi connectivity index (χ0n) is 9.37. The maximum absolute atomic E-state index is 13.7. The van der Waals surface area contributed by atoms with E-state index in [1.165, 1.54) is 6.07 Å². The number of nitrogens with two attached hydrogens (primary N) is 1. The molecular weight excluding hydrogens is 211 g/mol. The van der Waals surface area contributed by atoms with Crippen LogP contribution in [0, 0.1) is 21.3 Å². The van der Waals surface area contributed by atoms with E-state index in [1.54, 1.807) is 6.07 Å². The van der Waals surface area contributed by atoms with Gasteiger partial charge >= 0.3 is 5.69 Å². The first kappa shape index (κ1) is 12.6. The normalized spacial score (nSPS) is 11.5. The lowest BCUT2D eigenvalue weighted by Crippen LogP contribution is -2.26. The van der Waals surface area contributed by atoms with Crippen LogP contribution in [0.25, 0.3) is 0 Å². The molecule has 1 rings (SSSR count). The molecule has 0 radical (unpaired) electrons. The van der Waals surface area contributed by atoms with Gasteiger partial charge in [-0.25, -0.2) is 0 Å². The molecule has 0 amide bonds. The standard InChI is InChI=1S/C11H15FN2O2/c1-11(2,7-13)6-8-4-3-5-9(10(8)12)14(15)16/h3-5H,6-7,13H2,1-2H3. The van der Waals surface area contributed by atoms with Crippen LogP contribution in [0.4, 0.5) is 10.1 Å². The fraction of sp³-hybridized carbons (Fsp3) is 0.455. The Morgan fingerprint density at radius 1 is 1.50 bits per heavy atom. The smallest absolute Gasteiger partial charge is 0.305 e. The lowest BCUT2D eigenvalue weighted by Gasteiger charge is -2.22. The van der Waals surface area contributed by atoms with Crippen LogP contribution in [-0.2, 0) is 6.42 Å². The fourth-order valence-electron chi connectivity index (χ4n) is 1.43. The zero-order valence-corrected chi connectivity index (χ0v) is 9.37. The number of benzene rings is 1. The van der Waals surface area contributed by atoms with E-state index in [9.17, 15) is 14.5 Å². The summed E-state index contributed by atoms with van der Waals surface area (Å²) < 4.78 is 13.7. The van der Waals surface area contributed by atoms with Crippen molar-refractivity contribution >= 4 is 5.69 Å². The molecular formula is C11H15FN2O2. The largest absolute Gasteiger partial charge is 0.330 e. The Kier molecular flexibility index (Phi) is 3.59. The van der Waals surface area contributed by atoms with E-state index in [4.69, 9.17) is 5.73 Å². The highest BCUT2D eigenvalue weighted by molar-refractivity contribution is 5.37. The minimum Gasteiger partial charge on any atom is -0.330 e. The summed E-state index contributed by atoms with van der Waals surface area (Å²) in [5.74, 6) is -0.756. The van der Waals surface area contributed by atoms with Crippen molar-refractivity contribution in [1.29, 1.82) is 0 Å². The Labute approximate surface area is 93.4 Å². The van der Waals surface area contributed by atoms with Crippen molar-refractivity contribution in [2.24, 2.45) is 11.1 Å². The lowest BCUT2D eigenvalue weighted by atomic mass is 9.85. The van der Waals surface area contributed by atoms with Gasteiger partial charge in [0.25, 0.3) is 0 Å². The van der Waals surface area contributed by atoms with E-state index in [-0.39, 0.29) is 5.41 Å². The summed E-state index contributed by atoms with van der Waals surface area (Å²) in [4.78, 5) is 9.84. The van der Waals surface area contributed by atoms with Gasteiger partial charge in [0.1, 0.15) is 0 Å². The third-order valence-electron chi connectivity index (χ3n) is 2.48. The van der Waals surface area contributed by atoms with Crippen molar-refractivity contribution in [1.82, 2.24) is 0 Å². The minimum absolute atomic E-state index is 0.268. The number of hydrogen-bond acceptors (Lipinski definition) is 3. The van der Waals surface area contributed by atoms with Gasteiger partial charge in [-0.2, -0.15) is 4.39 Å². The summed E-state index contributed by atoms with van der Waals surface area (Å²) in [6.07, 6.45) is 0.386. The molecule has 1 aromatic rings. The lowest BCUT2D eigenvalue weighted by molar-refractivity contribution is -0.387. The molecule has 0 atom stereocenters. The Morgan fingerprint density at radius 3 is 2.62 bits per heavy atom. The second kappa shape index (κ2) is 4.57. The van der Waals surface area contributed by atoms with E-state index in [1.807, 2.05) is 13.8 Å². The van der Waals surface area contributed by atoms with Crippen molar-refractivity contribution in [3.63, 3.8) is 0 Å². The van der Waals surface area contributed by atoms with Crippen LogP contribution < -0.4 is 5.73 Å². The summed E-state index contributed by atoms with van der Waals surface area (Å²) in [6, 6.07) is 4.21. The summed E-state index contributed by atoms with van der Waals surface area (Å²) in [6.45, 7) is 4.19. The van der Waals surface area contributed by atoms with Crippen LogP contribution in [0.5, 0.6) is 0 Å². The predicted molar refractivity (Wildman–Crippen MR) is 59.6 cm³/mol. The van der Waals surface area contributed by atoms with Gasteiger partial charge in [0.05, 0.1) is 4.92 Å². The highest BCUT2D eigenvalue weighted by Crippen LogP contribution is 2.26. The molecule has 0 unspecified atom stereocenters. The molecule has 1 aromatic carbocycles. The molecule has 0 heterocycles. The van der Waals surface area contributed by atoms with Crippen LogP contribution >= 0.6 is 0 Å². The second-order valence-corrected chi connectivity index (χ2v) is 4.55. The molecule has 0 aliphatic rings. The van der Waals surface area contributed by atoms with E-state index >= 15 is 0 Å². The summed E-state index contributed by atoms with van der Waals surface area (Å²) in [7, 11) is 0. The number of rotatable bonds is 4. The predicted octanol–water partition coefficient (Wildman–Crippen LogP) is 2.26. The Hall–Kier alpha value is -1.49. The molecule has 0 saturated heterocycles. The van der Waals surface area contributed by atoms with Gasteiger partial charge in [0, 0.05) is 6.07 Å². The number of hydrogen-bond donors (Lipinski definition) is 1. The van der Waals surface area contributed by atoms with Gasteiger partial charge < -0.3 is 5.73 Å². The third kappa shape index (κ3) is 2.76. The van der Waals surface area contributed by atoms with Gasteiger partial charge in [-0.15, -0.1) is 0 Å². The highest BCUT2D eigenvalue weighted by Gasteiger charge is 2.23. The average molecular weight is 226 g/mol. The summed E-state index contributed by atoms with van der Waals surface area (Å²) >= 11 is 0. The summed E-state index contributed by atoms with van der Waals surface area (Å²) in [5, 5.41) is 10.5. The minimum atomic E-state index is -0.756. The van der Waals surface area contributed by atoms with E-state index in [0.717, 1.165) is 6.07 Å². The van der Waals surface area contributed by atoms with Crippen molar-refractivity contribution in [3.05, 3.63) is 39.7 Å². The van der Waals surface area contributed by atoms with Gasteiger partial charge in [0.2, 0.25) is 5.82 Å². The first-order chi connectivity index (χ1) is 7.37. The quantitative estimate of drug-likeness (QED) is 0.632. The molecule has 0 bridgehead atoms. The number of nitro benzene ring substituents is 1. The Balaban J connectivity index is 3.07. The van der Waals surface area contributed by atoms with Crippen LogP contribution in [0.1, 0.15) is 19.4 Å². The van der Waals surface area contributed by atoms with Gasteiger partial charge in [-0.05, 0) is 23.9 Å². The molecule has 16 heavy (non-hydrogen) atoms.